The van der Waals surface area contributed by atoms with Crippen LogP contribution in [0.25, 0.3) is 0 Å². The van der Waals surface area contributed by atoms with Crippen LogP contribution in [0.5, 0.6) is 0 Å². The highest BCUT2D eigenvalue weighted by molar-refractivity contribution is 5.55. The number of aromatic nitrogens is 2. The van der Waals surface area contributed by atoms with Gasteiger partial charge in [0.05, 0.1) is 11.6 Å². The highest BCUT2D eigenvalue weighted by Crippen LogP contribution is 2.20. The van der Waals surface area contributed by atoms with Crippen molar-refractivity contribution < 1.29 is 4.92 Å². The predicted octanol–water partition coefficient (Wildman–Crippen LogP) is 1.80. The van der Waals surface area contributed by atoms with E-state index in [-0.39, 0.29) is 5.82 Å². The Labute approximate surface area is 102 Å². The molecule has 0 saturated carbocycles. The summed E-state index contributed by atoms with van der Waals surface area (Å²) in [4.78, 5) is 10.1. The number of rotatable bonds is 4. The molecule has 7 nitrogen and oxygen atoms in total. The Balaban J connectivity index is 2.09. The summed E-state index contributed by atoms with van der Waals surface area (Å²) in [5, 5.41) is 28.2. The van der Waals surface area contributed by atoms with E-state index in [2.05, 4.69) is 15.5 Å². The minimum absolute atomic E-state index is 0.175. The summed E-state index contributed by atoms with van der Waals surface area (Å²) in [5.41, 5.74) is 1.74. The van der Waals surface area contributed by atoms with Gasteiger partial charge in [-0.15, -0.1) is 5.10 Å². The lowest BCUT2D eigenvalue weighted by Gasteiger charge is -2.04. The summed E-state index contributed by atoms with van der Waals surface area (Å²) in [6.45, 7) is 0.385. The van der Waals surface area contributed by atoms with Crippen LogP contribution in [0.2, 0.25) is 0 Å². The fourth-order valence-electron chi connectivity index (χ4n) is 1.50. The fraction of sp³-hybridized carbons (Fsp3) is 0.0909. The molecule has 0 saturated heterocycles. The zero-order chi connectivity index (χ0) is 13.0. The third kappa shape index (κ3) is 2.44. The van der Waals surface area contributed by atoms with Crippen molar-refractivity contribution in [1.82, 2.24) is 10.2 Å². The lowest BCUT2D eigenvalue weighted by Crippen LogP contribution is -2.01. The Morgan fingerprint density at radius 2 is 2.39 bits per heavy atom. The molecule has 0 atom stereocenters. The van der Waals surface area contributed by atoms with Gasteiger partial charge in [-0.05, 0) is 22.6 Å². The first kappa shape index (κ1) is 11.6. The largest absolute Gasteiger partial charge is 0.373 e. The first-order valence-corrected chi connectivity index (χ1v) is 5.11. The lowest BCUT2D eigenvalue weighted by molar-refractivity contribution is -0.388. The molecule has 1 aromatic carbocycles. The van der Waals surface area contributed by atoms with Crippen LogP contribution in [0.3, 0.4) is 0 Å². The molecule has 0 aliphatic heterocycles. The Bertz CT molecular complexity index is 614. The highest BCUT2D eigenvalue weighted by atomic mass is 16.6. The van der Waals surface area contributed by atoms with Gasteiger partial charge in [0.1, 0.15) is 6.20 Å². The maximum absolute atomic E-state index is 10.6. The van der Waals surface area contributed by atoms with Crippen molar-refractivity contribution in [3.8, 4) is 6.07 Å². The van der Waals surface area contributed by atoms with Gasteiger partial charge in [-0.3, -0.25) is 0 Å². The smallest absolute Gasteiger partial charge is 0.366 e. The second kappa shape index (κ2) is 4.97. The standard InChI is InChI=1S/C11H9N5O2/c12-5-8-2-1-3-9(4-8)6-13-10-7-14-15-11(10)16(17)18/h1-4,7,13H,6H2,(H,14,15). The number of H-pyrrole nitrogens is 1. The van der Waals surface area contributed by atoms with Crippen LogP contribution in [-0.4, -0.2) is 15.1 Å². The number of nitrogens with zero attached hydrogens (tertiary/aromatic N) is 3. The highest BCUT2D eigenvalue weighted by Gasteiger charge is 2.13. The van der Waals surface area contributed by atoms with Gasteiger partial charge in [0, 0.05) is 6.54 Å². The number of nitro groups is 1. The third-order valence-electron chi connectivity index (χ3n) is 2.34. The van der Waals surface area contributed by atoms with Crippen molar-refractivity contribution in [2.24, 2.45) is 0 Å². The molecule has 0 amide bonds. The van der Waals surface area contributed by atoms with Gasteiger partial charge in [0.15, 0.2) is 5.69 Å². The van der Waals surface area contributed by atoms with Crippen LogP contribution in [0, 0.1) is 21.4 Å². The maximum Gasteiger partial charge on any atom is 0.366 e. The van der Waals surface area contributed by atoms with Crippen LogP contribution in [0.15, 0.2) is 30.5 Å². The molecule has 0 spiro atoms. The summed E-state index contributed by atoms with van der Waals surface area (Å²) in [5.74, 6) is -0.175. The normalized spacial score (nSPS) is 9.72. The summed E-state index contributed by atoms with van der Waals surface area (Å²) < 4.78 is 0. The van der Waals surface area contributed by atoms with Gasteiger partial charge >= 0.3 is 5.82 Å². The van der Waals surface area contributed by atoms with E-state index < -0.39 is 4.92 Å². The Kier molecular flexibility index (Phi) is 3.20. The second-order valence-electron chi connectivity index (χ2n) is 3.56. The topological polar surface area (TPSA) is 108 Å². The van der Waals surface area contributed by atoms with Gasteiger partial charge in [-0.1, -0.05) is 17.2 Å². The molecule has 0 aliphatic carbocycles. The van der Waals surface area contributed by atoms with E-state index in [1.807, 2.05) is 12.1 Å². The average molecular weight is 243 g/mol. The van der Waals surface area contributed by atoms with Crippen molar-refractivity contribution in [2.45, 2.75) is 6.54 Å². The minimum atomic E-state index is -0.541. The summed E-state index contributed by atoms with van der Waals surface area (Å²) in [6.07, 6.45) is 1.35. The van der Waals surface area contributed by atoms with Gasteiger partial charge in [0.25, 0.3) is 0 Å². The van der Waals surface area contributed by atoms with Crippen molar-refractivity contribution in [2.75, 3.05) is 5.32 Å². The second-order valence-corrected chi connectivity index (χ2v) is 3.56. The quantitative estimate of drug-likeness (QED) is 0.628. The zero-order valence-electron chi connectivity index (χ0n) is 9.25. The number of nitrogens with one attached hydrogen (secondary N) is 2. The predicted molar refractivity (Wildman–Crippen MR) is 63.7 cm³/mol. The van der Waals surface area contributed by atoms with Crippen LogP contribution < -0.4 is 5.32 Å². The number of aromatic amines is 1. The van der Waals surface area contributed by atoms with Crippen LogP contribution in [0.1, 0.15) is 11.1 Å². The summed E-state index contributed by atoms with van der Waals surface area (Å²) in [6, 6.07) is 9.05. The molecule has 0 unspecified atom stereocenters. The molecular weight excluding hydrogens is 234 g/mol. The van der Waals surface area contributed by atoms with Crippen molar-refractivity contribution in [1.29, 1.82) is 5.26 Å². The van der Waals surface area contributed by atoms with Crippen molar-refractivity contribution in [3.05, 3.63) is 51.7 Å². The van der Waals surface area contributed by atoms with Crippen LogP contribution in [0.4, 0.5) is 11.5 Å². The van der Waals surface area contributed by atoms with Gasteiger partial charge in [-0.25, -0.2) is 0 Å². The first-order chi connectivity index (χ1) is 8.70. The lowest BCUT2D eigenvalue weighted by atomic mass is 10.1. The average Bonchev–Trinajstić information content (AvgIpc) is 2.85. The number of hydrogen-bond acceptors (Lipinski definition) is 5. The van der Waals surface area contributed by atoms with Crippen LogP contribution in [-0.2, 0) is 6.54 Å². The molecule has 2 rings (SSSR count). The maximum atomic E-state index is 10.6. The molecule has 2 aromatic rings. The summed E-state index contributed by atoms with van der Waals surface area (Å²) >= 11 is 0. The number of nitriles is 1. The van der Waals surface area contributed by atoms with E-state index in [0.717, 1.165) is 5.56 Å². The molecule has 0 bridgehead atoms. The minimum Gasteiger partial charge on any atom is -0.373 e. The van der Waals surface area contributed by atoms with E-state index in [4.69, 9.17) is 5.26 Å². The SMILES string of the molecule is N#Cc1cccc(CNc2cn[nH]c2[N+](=O)[O-])c1. The first-order valence-electron chi connectivity index (χ1n) is 5.11. The molecule has 90 valence electrons. The van der Waals surface area contributed by atoms with E-state index in [0.29, 0.717) is 17.8 Å². The van der Waals surface area contributed by atoms with E-state index in [1.54, 1.807) is 18.2 Å². The monoisotopic (exact) mass is 243 g/mol. The fourth-order valence-corrected chi connectivity index (χ4v) is 1.50. The molecule has 0 aliphatic rings. The van der Waals surface area contributed by atoms with Gasteiger partial charge < -0.3 is 15.4 Å². The van der Waals surface area contributed by atoms with Crippen molar-refractivity contribution >= 4 is 11.5 Å². The molecule has 0 radical (unpaired) electrons. The summed E-state index contributed by atoms with van der Waals surface area (Å²) in [7, 11) is 0. The Morgan fingerprint density at radius 1 is 1.56 bits per heavy atom. The molecule has 1 aromatic heterocycles. The molecular formula is C11H9N5O2. The molecule has 18 heavy (non-hydrogen) atoms. The molecule has 7 heteroatoms. The number of hydrogen-bond donors (Lipinski definition) is 2. The Morgan fingerprint density at radius 3 is 3.11 bits per heavy atom. The zero-order valence-corrected chi connectivity index (χ0v) is 9.25. The van der Waals surface area contributed by atoms with Crippen molar-refractivity contribution in [3.63, 3.8) is 0 Å². The third-order valence-corrected chi connectivity index (χ3v) is 2.34. The number of benzene rings is 1. The van der Waals surface area contributed by atoms with Gasteiger partial charge in [0.2, 0.25) is 0 Å². The molecule has 2 N–H and O–H groups in total. The van der Waals surface area contributed by atoms with E-state index >= 15 is 0 Å². The molecule has 1 heterocycles. The van der Waals surface area contributed by atoms with E-state index in [9.17, 15) is 10.1 Å². The molecule has 0 fully saturated rings. The van der Waals surface area contributed by atoms with Gasteiger partial charge in [-0.2, -0.15) is 5.26 Å². The number of anilines is 1. The Hall–Kier alpha value is -2.88. The van der Waals surface area contributed by atoms with Crippen LogP contribution >= 0.6 is 0 Å². The van der Waals surface area contributed by atoms with E-state index in [1.165, 1.54) is 6.20 Å².